The molecule has 2 amide bonds. The van der Waals surface area contributed by atoms with Crippen molar-refractivity contribution in [3.63, 3.8) is 0 Å². The summed E-state index contributed by atoms with van der Waals surface area (Å²) >= 11 is 0. The smallest absolute Gasteiger partial charge is 0.253 e. The van der Waals surface area contributed by atoms with Crippen LogP contribution in [0.3, 0.4) is 0 Å². The molecule has 0 saturated carbocycles. The molecule has 2 heterocycles. The number of aromatic nitrogens is 1. The van der Waals surface area contributed by atoms with Gasteiger partial charge in [0.05, 0.1) is 5.41 Å². The lowest BCUT2D eigenvalue weighted by atomic mass is 9.72. The molecule has 1 aromatic heterocycles. The van der Waals surface area contributed by atoms with Crippen LogP contribution in [0.5, 0.6) is 0 Å². The Morgan fingerprint density at radius 3 is 2.26 bits per heavy atom. The highest BCUT2D eigenvalue weighted by atomic mass is 16.2. The fourth-order valence-corrected chi connectivity index (χ4v) is 4.50. The monoisotopic (exact) mass is 413 g/mol. The maximum absolute atomic E-state index is 13.1. The second-order valence-electron chi connectivity index (χ2n) is 8.09. The maximum atomic E-state index is 13.1. The molecule has 31 heavy (non-hydrogen) atoms. The van der Waals surface area contributed by atoms with Crippen LogP contribution in [-0.2, 0) is 11.2 Å². The van der Waals surface area contributed by atoms with Gasteiger partial charge in [0.1, 0.15) is 0 Å². The second-order valence-corrected chi connectivity index (χ2v) is 8.09. The molecule has 0 radical (unpaired) electrons. The van der Waals surface area contributed by atoms with Crippen molar-refractivity contribution in [3.05, 3.63) is 90.3 Å². The topological polar surface area (TPSA) is 62.3 Å². The van der Waals surface area contributed by atoms with E-state index < -0.39 is 5.41 Å². The van der Waals surface area contributed by atoms with Crippen molar-refractivity contribution in [2.75, 3.05) is 20.1 Å². The van der Waals surface area contributed by atoms with Crippen molar-refractivity contribution in [1.82, 2.24) is 15.2 Å². The number of nitrogens with zero attached hydrogens (tertiary/aromatic N) is 2. The Hall–Kier alpha value is -3.47. The van der Waals surface area contributed by atoms with Crippen LogP contribution < -0.4 is 5.32 Å². The van der Waals surface area contributed by atoms with Gasteiger partial charge in [-0.15, -0.1) is 0 Å². The van der Waals surface area contributed by atoms with Gasteiger partial charge >= 0.3 is 0 Å². The van der Waals surface area contributed by atoms with Crippen molar-refractivity contribution < 1.29 is 9.59 Å². The van der Waals surface area contributed by atoms with Crippen molar-refractivity contribution in [3.8, 4) is 11.1 Å². The zero-order valence-electron chi connectivity index (χ0n) is 17.8. The lowest BCUT2D eigenvalue weighted by Gasteiger charge is -2.41. The Morgan fingerprint density at radius 2 is 1.58 bits per heavy atom. The molecule has 0 bridgehead atoms. The first-order valence-electron chi connectivity index (χ1n) is 10.7. The summed E-state index contributed by atoms with van der Waals surface area (Å²) in [5, 5.41) is 2.88. The number of rotatable bonds is 5. The normalized spacial score (nSPS) is 15.3. The number of hydrogen-bond acceptors (Lipinski definition) is 3. The first kappa shape index (κ1) is 20.8. The Morgan fingerprint density at radius 1 is 0.935 bits per heavy atom. The summed E-state index contributed by atoms with van der Waals surface area (Å²) in [6.45, 7) is 1.12. The molecule has 1 fully saturated rings. The second kappa shape index (κ2) is 9.13. The Bertz CT molecular complexity index is 1040. The van der Waals surface area contributed by atoms with E-state index in [1.165, 1.54) is 0 Å². The minimum atomic E-state index is -0.533. The average molecular weight is 414 g/mol. The van der Waals surface area contributed by atoms with E-state index in [-0.39, 0.29) is 11.8 Å². The van der Waals surface area contributed by atoms with Gasteiger partial charge in [0.25, 0.3) is 5.91 Å². The maximum Gasteiger partial charge on any atom is 0.253 e. The standard InChI is InChI=1S/C26H27N3O2/c1-27-25(31)26(13-17-29(18-14-26)24(30)21-11-15-28-16-12-21)19-22-9-5-6-10-23(22)20-7-3-2-4-8-20/h2-12,15-16H,13-14,17-19H2,1H3,(H,27,31). The SMILES string of the molecule is CNC(=O)C1(Cc2ccccc2-c2ccccc2)CCN(C(=O)c2ccncc2)CC1. The van der Waals surface area contributed by atoms with E-state index in [1.54, 1.807) is 31.6 Å². The number of piperidine rings is 1. The number of carbonyl (C=O) groups excluding carboxylic acids is 2. The molecule has 1 aliphatic heterocycles. The van der Waals surface area contributed by atoms with Crippen molar-refractivity contribution in [2.24, 2.45) is 5.41 Å². The van der Waals surface area contributed by atoms with E-state index in [1.807, 2.05) is 35.2 Å². The van der Waals surface area contributed by atoms with E-state index in [9.17, 15) is 9.59 Å². The zero-order valence-corrected chi connectivity index (χ0v) is 17.8. The predicted octanol–water partition coefficient (Wildman–Crippen LogP) is 3.96. The molecule has 1 aliphatic rings. The van der Waals surface area contributed by atoms with E-state index in [0.717, 1.165) is 16.7 Å². The molecule has 2 aromatic carbocycles. The summed E-state index contributed by atoms with van der Waals surface area (Å²) in [7, 11) is 1.70. The Kier molecular flexibility index (Phi) is 6.12. The highest BCUT2D eigenvalue weighted by Gasteiger charge is 2.42. The lowest BCUT2D eigenvalue weighted by Crippen LogP contribution is -2.50. The van der Waals surface area contributed by atoms with Crippen LogP contribution in [0.25, 0.3) is 11.1 Å². The molecular weight excluding hydrogens is 386 g/mol. The van der Waals surface area contributed by atoms with Gasteiger partial charge < -0.3 is 10.2 Å². The van der Waals surface area contributed by atoms with Gasteiger partial charge in [-0.2, -0.15) is 0 Å². The van der Waals surface area contributed by atoms with Gasteiger partial charge in [0, 0.05) is 38.1 Å². The summed E-state index contributed by atoms with van der Waals surface area (Å²) in [6, 6.07) is 22.0. The highest BCUT2D eigenvalue weighted by molar-refractivity contribution is 5.94. The molecule has 0 spiro atoms. The first-order chi connectivity index (χ1) is 15.1. The van der Waals surface area contributed by atoms with E-state index in [2.05, 4.69) is 34.6 Å². The first-order valence-corrected chi connectivity index (χ1v) is 10.7. The molecule has 0 unspecified atom stereocenters. The largest absolute Gasteiger partial charge is 0.359 e. The number of hydrogen-bond donors (Lipinski definition) is 1. The lowest BCUT2D eigenvalue weighted by molar-refractivity contribution is -0.133. The van der Waals surface area contributed by atoms with Crippen molar-refractivity contribution in [1.29, 1.82) is 0 Å². The third-order valence-corrected chi connectivity index (χ3v) is 6.27. The number of benzene rings is 2. The van der Waals surface area contributed by atoms with Crippen LogP contribution >= 0.6 is 0 Å². The molecule has 5 heteroatoms. The van der Waals surface area contributed by atoms with Gasteiger partial charge in [-0.1, -0.05) is 54.6 Å². The van der Waals surface area contributed by atoms with E-state index in [0.29, 0.717) is 37.9 Å². The number of pyridine rings is 1. The number of nitrogens with one attached hydrogen (secondary N) is 1. The third-order valence-electron chi connectivity index (χ3n) is 6.27. The molecule has 0 atom stereocenters. The van der Waals surface area contributed by atoms with Crippen LogP contribution in [-0.4, -0.2) is 41.8 Å². The summed E-state index contributed by atoms with van der Waals surface area (Å²) in [4.78, 5) is 31.7. The third kappa shape index (κ3) is 4.36. The highest BCUT2D eigenvalue weighted by Crippen LogP contribution is 2.38. The van der Waals surface area contributed by atoms with Gasteiger partial charge in [0.2, 0.25) is 5.91 Å². The minimum Gasteiger partial charge on any atom is -0.359 e. The van der Waals surface area contributed by atoms with Crippen LogP contribution in [0.1, 0.15) is 28.8 Å². The molecule has 5 nitrogen and oxygen atoms in total. The van der Waals surface area contributed by atoms with E-state index >= 15 is 0 Å². The van der Waals surface area contributed by atoms with Crippen molar-refractivity contribution >= 4 is 11.8 Å². The fourth-order valence-electron chi connectivity index (χ4n) is 4.50. The minimum absolute atomic E-state index is 0.00223. The Labute approximate surface area is 183 Å². The van der Waals surface area contributed by atoms with Crippen LogP contribution in [0.15, 0.2) is 79.1 Å². The van der Waals surface area contributed by atoms with Gasteiger partial charge in [-0.05, 0) is 48.1 Å². The molecule has 1 saturated heterocycles. The Balaban J connectivity index is 1.58. The summed E-state index contributed by atoms with van der Waals surface area (Å²) in [6.07, 6.45) is 5.17. The van der Waals surface area contributed by atoms with Crippen LogP contribution in [0.4, 0.5) is 0 Å². The van der Waals surface area contributed by atoms with Gasteiger partial charge in [0.15, 0.2) is 0 Å². The molecule has 4 rings (SSSR count). The van der Waals surface area contributed by atoms with Crippen molar-refractivity contribution in [2.45, 2.75) is 19.3 Å². The van der Waals surface area contributed by atoms with Gasteiger partial charge in [-0.25, -0.2) is 0 Å². The van der Waals surface area contributed by atoms with Crippen LogP contribution in [0, 0.1) is 5.41 Å². The van der Waals surface area contributed by atoms with Gasteiger partial charge in [-0.3, -0.25) is 14.6 Å². The average Bonchev–Trinajstić information content (AvgIpc) is 2.85. The molecule has 158 valence electrons. The molecule has 0 aliphatic carbocycles. The molecular formula is C26H27N3O2. The van der Waals surface area contributed by atoms with Crippen LogP contribution in [0.2, 0.25) is 0 Å². The zero-order chi connectivity index (χ0) is 21.7. The summed E-state index contributed by atoms with van der Waals surface area (Å²) in [5.41, 5.74) is 3.56. The molecule has 3 aromatic rings. The summed E-state index contributed by atoms with van der Waals surface area (Å²) < 4.78 is 0. The number of carbonyl (C=O) groups is 2. The number of likely N-dealkylation sites (tertiary alicyclic amines) is 1. The van der Waals surface area contributed by atoms with E-state index in [4.69, 9.17) is 0 Å². The fraction of sp³-hybridized carbons (Fsp3) is 0.269. The molecule has 1 N–H and O–H groups in total. The number of amides is 2. The summed E-state index contributed by atoms with van der Waals surface area (Å²) in [5.74, 6) is 0.0453. The quantitative estimate of drug-likeness (QED) is 0.689. The predicted molar refractivity (Wildman–Crippen MR) is 121 cm³/mol.